The van der Waals surface area contributed by atoms with Gasteiger partial charge in [-0.05, 0) is 88.2 Å². The van der Waals surface area contributed by atoms with Crippen LogP contribution < -0.4 is 9.46 Å². The van der Waals surface area contributed by atoms with E-state index < -0.39 is 16.1 Å². The molecule has 0 spiro atoms. The minimum atomic E-state index is -3.90. The Hall–Kier alpha value is -2.86. The van der Waals surface area contributed by atoms with Gasteiger partial charge < -0.3 is 19.5 Å². The number of anilines is 1. The van der Waals surface area contributed by atoms with Gasteiger partial charge in [0, 0.05) is 37.8 Å². The fraction of sp³-hybridized carbons (Fsp3) is 0.457. The van der Waals surface area contributed by atoms with Crippen molar-refractivity contribution in [1.82, 2.24) is 9.80 Å². The summed E-state index contributed by atoms with van der Waals surface area (Å²) in [5.74, 6) is -0.129. The summed E-state index contributed by atoms with van der Waals surface area (Å²) in [7, 11) is -1.89. The number of carbonyl (C=O) groups excluding carboxylic acids is 1. The monoisotopic (exact) mass is 705 g/mol. The largest absolute Gasteiger partial charge is 0.490 e. The SMILES string of the molecule is C[C@@H]1CN([C@H](C)CO)C(=O)c2cc(NS(=O)(=O)c3ccccc3)ccc2O[C@@H](C)CCCCO[C@H]1CN(C)Cc1ccc(Cl)c(Cl)c1. The first-order valence-electron chi connectivity index (χ1n) is 15.9. The van der Waals surface area contributed by atoms with Crippen LogP contribution in [0.4, 0.5) is 5.69 Å². The van der Waals surface area contributed by atoms with Gasteiger partial charge in [-0.25, -0.2) is 8.42 Å². The lowest BCUT2D eigenvalue weighted by atomic mass is 10.0. The lowest BCUT2D eigenvalue weighted by Gasteiger charge is -2.36. The Bertz CT molecular complexity index is 1590. The van der Waals surface area contributed by atoms with E-state index in [9.17, 15) is 18.3 Å². The van der Waals surface area contributed by atoms with Gasteiger partial charge in [-0.2, -0.15) is 0 Å². The van der Waals surface area contributed by atoms with Crippen LogP contribution in [0.2, 0.25) is 10.0 Å². The summed E-state index contributed by atoms with van der Waals surface area (Å²) in [5, 5.41) is 11.2. The van der Waals surface area contributed by atoms with Crippen molar-refractivity contribution in [3.8, 4) is 5.75 Å². The predicted octanol–water partition coefficient (Wildman–Crippen LogP) is 6.72. The number of sulfonamides is 1. The van der Waals surface area contributed by atoms with Crippen LogP contribution in [0.15, 0.2) is 71.6 Å². The highest BCUT2D eigenvalue weighted by Gasteiger charge is 2.30. The number of nitrogens with one attached hydrogen (secondary N) is 1. The molecule has 0 aromatic heterocycles. The van der Waals surface area contributed by atoms with E-state index in [0.29, 0.717) is 42.0 Å². The Balaban J connectivity index is 1.63. The van der Waals surface area contributed by atoms with Crippen molar-refractivity contribution in [2.24, 2.45) is 5.92 Å². The number of likely N-dealkylation sites (N-methyl/N-ethyl adjacent to an activating group) is 1. The standard InChI is InChI=1S/C35H45Cl2N3O6S/c1-24-20-40(25(2)23-41)35(42)30-19-28(38-47(43,44)29-11-6-5-7-12-29)14-16-33(30)46-26(3)10-8-9-17-45-34(24)22-39(4)21-27-13-15-31(36)32(37)18-27/h5-7,11-16,18-19,24-26,34,38,41H,8-10,17,20-23H2,1-4H3/t24-,25-,26+,34+/m1/s1. The number of nitrogens with zero attached hydrogens (tertiary/aromatic N) is 2. The van der Waals surface area contributed by atoms with Gasteiger partial charge in [0.1, 0.15) is 5.75 Å². The molecule has 2 N–H and O–H groups in total. The second kappa shape index (κ2) is 17.0. The maximum Gasteiger partial charge on any atom is 0.261 e. The van der Waals surface area contributed by atoms with Crippen molar-refractivity contribution in [3.05, 3.63) is 87.9 Å². The summed E-state index contributed by atoms with van der Waals surface area (Å²) in [6.07, 6.45) is 2.04. The lowest BCUT2D eigenvalue weighted by molar-refractivity contribution is -0.0177. The fourth-order valence-corrected chi connectivity index (χ4v) is 6.98. The molecule has 3 aromatic carbocycles. The summed E-state index contributed by atoms with van der Waals surface area (Å²) in [6.45, 7) is 7.59. The second-order valence-corrected chi connectivity index (χ2v) is 14.9. The number of hydrogen-bond donors (Lipinski definition) is 2. The smallest absolute Gasteiger partial charge is 0.261 e. The molecule has 0 saturated heterocycles. The average molecular weight is 707 g/mol. The average Bonchev–Trinajstić information content (AvgIpc) is 3.04. The first-order chi connectivity index (χ1) is 22.4. The molecule has 12 heteroatoms. The van der Waals surface area contributed by atoms with E-state index in [4.69, 9.17) is 32.7 Å². The van der Waals surface area contributed by atoms with Gasteiger partial charge in [-0.1, -0.05) is 54.4 Å². The first kappa shape index (κ1) is 37.0. The van der Waals surface area contributed by atoms with Gasteiger partial charge in [0.15, 0.2) is 0 Å². The summed E-state index contributed by atoms with van der Waals surface area (Å²) in [4.78, 5) is 18.2. The van der Waals surface area contributed by atoms with Crippen LogP contribution in [0.25, 0.3) is 0 Å². The molecule has 0 saturated carbocycles. The van der Waals surface area contributed by atoms with Crippen molar-refractivity contribution < 1.29 is 27.8 Å². The molecule has 47 heavy (non-hydrogen) atoms. The number of hydrogen-bond acceptors (Lipinski definition) is 7. The molecule has 0 bridgehead atoms. The molecule has 1 heterocycles. The minimum Gasteiger partial charge on any atom is -0.490 e. The van der Waals surface area contributed by atoms with Crippen molar-refractivity contribution in [1.29, 1.82) is 0 Å². The van der Waals surface area contributed by atoms with E-state index in [1.165, 1.54) is 18.2 Å². The summed E-state index contributed by atoms with van der Waals surface area (Å²) in [5.41, 5.74) is 1.46. The Kier molecular flexibility index (Phi) is 13.4. The molecule has 256 valence electrons. The molecule has 1 amide bonds. The summed E-state index contributed by atoms with van der Waals surface area (Å²) in [6, 6.07) is 17.8. The third-order valence-electron chi connectivity index (χ3n) is 8.29. The number of rotatable bonds is 9. The van der Waals surface area contributed by atoms with E-state index in [0.717, 1.165) is 24.8 Å². The zero-order valence-electron chi connectivity index (χ0n) is 27.4. The quantitative estimate of drug-likeness (QED) is 0.254. The van der Waals surface area contributed by atoms with Crippen LogP contribution in [-0.2, 0) is 21.3 Å². The maximum absolute atomic E-state index is 14.4. The predicted molar refractivity (Wildman–Crippen MR) is 187 cm³/mol. The third kappa shape index (κ3) is 10.3. The molecule has 0 aliphatic carbocycles. The molecule has 3 aromatic rings. The number of ether oxygens (including phenoxy) is 2. The van der Waals surface area contributed by atoms with E-state index in [1.54, 1.807) is 48.2 Å². The summed E-state index contributed by atoms with van der Waals surface area (Å²) >= 11 is 12.4. The number of amides is 1. The molecule has 0 unspecified atom stereocenters. The number of carbonyl (C=O) groups is 1. The van der Waals surface area contributed by atoms with E-state index in [2.05, 4.69) is 9.62 Å². The van der Waals surface area contributed by atoms with E-state index in [-0.39, 0.29) is 46.8 Å². The van der Waals surface area contributed by atoms with Crippen LogP contribution in [0.5, 0.6) is 5.75 Å². The minimum absolute atomic E-state index is 0.107. The van der Waals surface area contributed by atoms with Crippen molar-refractivity contribution in [3.63, 3.8) is 0 Å². The topological polar surface area (TPSA) is 108 Å². The van der Waals surface area contributed by atoms with Gasteiger partial charge >= 0.3 is 0 Å². The fourth-order valence-electron chi connectivity index (χ4n) is 5.58. The van der Waals surface area contributed by atoms with Crippen LogP contribution >= 0.6 is 23.2 Å². The van der Waals surface area contributed by atoms with Crippen LogP contribution in [0.1, 0.15) is 56.0 Å². The third-order valence-corrected chi connectivity index (χ3v) is 10.4. The van der Waals surface area contributed by atoms with Gasteiger partial charge in [0.2, 0.25) is 0 Å². The normalized spacial score (nSPS) is 20.6. The van der Waals surface area contributed by atoms with Gasteiger partial charge in [-0.3, -0.25) is 14.4 Å². The Labute approximate surface area is 288 Å². The molecule has 0 fully saturated rings. The number of halogens is 2. The molecule has 9 nitrogen and oxygen atoms in total. The zero-order chi connectivity index (χ0) is 34.1. The molecule has 1 aliphatic heterocycles. The van der Waals surface area contributed by atoms with Crippen LogP contribution in [0, 0.1) is 5.92 Å². The van der Waals surface area contributed by atoms with E-state index in [1.807, 2.05) is 33.0 Å². The Morgan fingerprint density at radius 2 is 1.79 bits per heavy atom. The highest BCUT2D eigenvalue weighted by atomic mass is 35.5. The highest BCUT2D eigenvalue weighted by molar-refractivity contribution is 7.92. The number of benzene rings is 3. The highest BCUT2D eigenvalue weighted by Crippen LogP contribution is 2.30. The molecular weight excluding hydrogens is 661 g/mol. The van der Waals surface area contributed by atoms with Crippen molar-refractivity contribution in [2.75, 3.05) is 38.1 Å². The zero-order valence-corrected chi connectivity index (χ0v) is 29.7. The van der Waals surface area contributed by atoms with Crippen LogP contribution in [-0.4, -0.2) is 80.8 Å². The molecule has 4 rings (SSSR count). The summed E-state index contributed by atoms with van der Waals surface area (Å²) < 4.78 is 41.5. The molecular formula is C35H45Cl2N3O6S. The molecule has 0 radical (unpaired) electrons. The Morgan fingerprint density at radius 1 is 1.04 bits per heavy atom. The van der Waals surface area contributed by atoms with Gasteiger partial charge in [-0.15, -0.1) is 0 Å². The number of fused-ring (bicyclic) bond motifs is 1. The van der Waals surface area contributed by atoms with Gasteiger partial charge in [0.05, 0.1) is 45.4 Å². The van der Waals surface area contributed by atoms with Crippen molar-refractivity contribution in [2.45, 2.75) is 69.7 Å². The molecule has 1 aliphatic rings. The van der Waals surface area contributed by atoms with E-state index >= 15 is 0 Å². The number of aliphatic hydroxyl groups is 1. The maximum atomic E-state index is 14.4. The van der Waals surface area contributed by atoms with Gasteiger partial charge in [0.25, 0.3) is 15.9 Å². The van der Waals surface area contributed by atoms with Crippen LogP contribution in [0.3, 0.4) is 0 Å². The lowest BCUT2D eigenvalue weighted by Crippen LogP contribution is -2.47. The molecule has 4 atom stereocenters. The number of aliphatic hydroxyl groups excluding tert-OH is 1. The van der Waals surface area contributed by atoms with Crippen molar-refractivity contribution >= 4 is 44.8 Å². The Morgan fingerprint density at radius 3 is 2.49 bits per heavy atom. The second-order valence-electron chi connectivity index (χ2n) is 12.4. The first-order valence-corrected chi connectivity index (χ1v) is 18.2.